The van der Waals surface area contributed by atoms with Crippen molar-refractivity contribution < 1.29 is 14.6 Å². The van der Waals surface area contributed by atoms with Gasteiger partial charge in [0.15, 0.2) is 0 Å². The largest absolute Gasteiger partial charge is 0.481 e. The van der Waals surface area contributed by atoms with Crippen molar-refractivity contribution in [3.63, 3.8) is 0 Å². The summed E-state index contributed by atoms with van der Waals surface area (Å²) in [5, 5.41) is 9.09. The Kier molecular flexibility index (Phi) is 2.89. The third kappa shape index (κ3) is 2.18. The number of piperidine rings is 1. The first kappa shape index (κ1) is 13.0. The van der Waals surface area contributed by atoms with E-state index in [0.717, 1.165) is 50.1 Å². The second-order valence-corrected chi connectivity index (χ2v) is 6.36. The van der Waals surface area contributed by atoms with E-state index in [-0.39, 0.29) is 5.92 Å². The number of aryl methyl sites for hydroxylation is 1. The van der Waals surface area contributed by atoms with Crippen molar-refractivity contribution in [3.05, 3.63) is 17.6 Å². The van der Waals surface area contributed by atoms with E-state index in [4.69, 9.17) is 9.84 Å². The van der Waals surface area contributed by atoms with E-state index < -0.39 is 5.97 Å². The molecule has 0 aromatic carbocycles. The molecule has 4 atom stereocenters. The molecule has 3 aliphatic rings. The number of aliphatic carboxylic acids is 1. The molecule has 1 aliphatic carbocycles. The third-order valence-corrected chi connectivity index (χ3v) is 5.00. The van der Waals surface area contributed by atoms with E-state index in [9.17, 15) is 4.79 Å². The minimum Gasteiger partial charge on any atom is -0.481 e. The maximum Gasteiger partial charge on any atom is 0.307 e. The maximum absolute atomic E-state index is 11.0. The Hall–Kier alpha value is -1.69. The molecule has 4 rings (SSSR count). The van der Waals surface area contributed by atoms with E-state index >= 15 is 0 Å². The van der Waals surface area contributed by atoms with Crippen LogP contribution in [0.25, 0.3) is 0 Å². The zero-order chi connectivity index (χ0) is 14.6. The number of anilines is 1. The van der Waals surface area contributed by atoms with Gasteiger partial charge in [-0.15, -0.1) is 0 Å². The average Bonchev–Trinajstić information content (AvgIpc) is 2.89. The lowest BCUT2D eigenvalue weighted by Crippen LogP contribution is -2.27. The fourth-order valence-corrected chi connectivity index (χ4v) is 3.79. The Morgan fingerprint density at radius 2 is 2.14 bits per heavy atom. The number of fused-ring (bicyclic) bond motifs is 1. The summed E-state index contributed by atoms with van der Waals surface area (Å²) in [4.78, 5) is 22.3. The van der Waals surface area contributed by atoms with Crippen LogP contribution >= 0.6 is 0 Å². The molecule has 0 radical (unpaired) electrons. The molecule has 2 aliphatic heterocycles. The van der Waals surface area contributed by atoms with E-state index in [1.807, 2.05) is 6.92 Å². The Bertz CT molecular complexity index is 574. The lowest BCUT2D eigenvalue weighted by molar-refractivity contribution is -0.139. The Balaban J connectivity index is 1.52. The van der Waals surface area contributed by atoms with Gasteiger partial charge in [-0.3, -0.25) is 4.79 Å². The number of hydrogen-bond donors (Lipinski definition) is 1. The highest BCUT2D eigenvalue weighted by Crippen LogP contribution is 2.52. The lowest BCUT2D eigenvalue weighted by atomic mass is 10.0. The highest BCUT2D eigenvalue weighted by atomic mass is 16.5. The predicted molar refractivity (Wildman–Crippen MR) is 75.3 cm³/mol. The number of carboxylic acid groups (broad SMARTS) is 1. The van der Waals surface area contributed by atoms with Crippen LogP contribution in [0.2, 0.25) is 0 Å². The number of nitrogens with zero attached hydrogens (tertiary/aromatic N) is 3. The SMILES string of the molecule is Cc1nc(C2CCOC2)cc(N2C[C@@H]3C(C(=O)O)[C@@H]3C2)n1. The van der Waals surface area contributed by atoms with Crippen LogP contribution < -0.4 is 4.90 Å². The van der Waals surface area contributed by atoms with Gasteiger partial charge in [-0.2, -0.15) is 0 Å². The van der Waals surface area contributed by atoms with Gasteiger partial charge in [0.05, 0.1) is 18.2 Å². The van der Waals surface area contributed by atoms with Crippen LogP contribution in [-0.2, 0) is 9.53 Å². The standard InChI is InChI=1S/C15H19N3O3/c1-8-16-12(9-2-3-21-7-9)4-13(17-8)18-5-10-11(6-18)14(10)15(19)20/h4,9-11,14H,2-3,5-7H2,1H3,(H,19,20)/t9?,10-,11+,14?. The van der Waals surface area contributed by atoms with Gasteiger partial charge in [0.25, 0.3) is 0 Å². The quantitative estimate of drug-likeness (QED) is 0.896. The Labute approximate surface area is 123 Å². The number of ether oxygens (including phenoxy) is 1. The molecule has 6 heteroatoms. The van der Waals surface area contributed by atoms with Gasteiger partial charge >= 0.3 is 5.97 Å². The topological polar surface area (TPSA) is 75.5 Å². The average molecular weight is 289 g/mol. The normalized spacial score (nSPS) is 34.0. The maximum atomic E-state index is 11.0. The van der Waals surface area contributed by atoms with Gasteiger partial charge in [-0.05, 0) is 25.2 Å². The van der Waals surface area contributed by atoms with Gasteiger partial charge < -0.3 is 14.7 Å². The Morgan fingerprint density at radius 3 is 2.76 bits per heavy atom. The molecule has 2 saturated heterocycles. The first-order chi connectivity index (χ1) is 10.1. The summed E-state index contributed by atoms with van der Waals surface area (Å²) in [6.07, 6.45) is 1.02. The predicted octanol–water partition coefficient (Wildman–Crippen LogP) is 1.06. The minimum atomic E-state index is -0.646. The van der Waals surface area contributed by atoms with Crippen molar-refractivity contribution >= 4 is 11.8 Å². The number of aromatic nitrogens is 2. The van der Waals surface area contributed by atoms with Crippen LogP contribution in [0.5, 0.6) is 0 Å². The molecule has 1 aromatic rings. The molecule has 0 amide bonds. The smallest absolute Gasteiger partial charge is 0.307 e. The van der Waals surface area contributed by atoms with Crippen LogP contribution in [0.1, 0.15) is 23.9 Å². The molecule has 3 heterocycles. The molecule has 0 bridgehead atoms. The molecule has 21 heavy (non-hydrogen) atoms. The van der Waals surface area contributed by atoms with Gasteiger partial charge in [0, 0.05) is 31.7 Å². The second kappa shape index (κ2) is 4.66. The van der Waals surface area contributed by atoms with E-state index in [1.54, 1.807) is 0 Å². The lowest BCUT2D eigenvalue weighted by Gasteiger charge is -2.21. The van der Waals surface area contributed by atoms with Crippen molar-refractivity contribution in [1.82, 2.24) is 9.97 Å². The summed E-state index contributed by atoms with van der Waals surface area (Å²) in [6, 6.07) is 2.06. The first-order valence-corrected chi connectivity index (χ1v) is 7.54. The molecule has 1 N–H and O–H groups in total. The van der Waals surface area contributed by atoms with Gasteiger partial charge in [0.1, 0.15) is 11.6 Å². The molecule has 1 aromatic heterocycles. The zero-order valence-electron chi connectivity index (χ0n) is 12.0. The molecule has 1 saturated carbocycles. The molecule has 112 valence electrons. The number of hydrogen-bond acceptors (Lipinski definition) is 5. The Morgan fingerprint density at radius 1 is 1.38 bits per heavy atom. The van der Waals surface area contributed by atoms with Crippen molar-refractivity contribution in [2.24, 2.45) is 17.8 Å². The van der Waals surface area contributed by atoms with Crippen LogP contribution in [0.4, 0.5) is 5.82 Å². The van der Waals surface area contributed by atoms with E-state index in [2.05, 4.69) is 20.9 Å². The molecular weight excluding hydrogens is 270 g/mol. The highest BCUT2D eigenvalue weighted by Gasteiger charge is 2.60. The van der Waals surface area contributed by atoms with Crippen LogP contribution in [-0.4, -0.2) is 47.3 Å². The summed E-state index contributed by atoms with van der Waals surface area (Å²) in [6.45, 7) is 5.07. The fraction of sp³-hybridized carbons (Fsp3) is 0.667. The first-order valence-electron chi connectivity index (χ1n) is 7.54. The van der Waals surface area contributed by atoms with Gasteiger partial charge in [-0.25, -0.2) is 9.97 Å². The van der Waals surface area contributed by atoms with E-state index in [0.29, 0.717) is 17.8 Å². The van der Waals surface area contributed by atoms with E-state index in [1.165, 1.54) is 0 Å². The number of carboxylic acids is 1. The number of carbonyl (C=O) groups is 1. The highest BCUT2D eigenvalue weighted by molar-refractivity contribution is 5.75. The minimum absolute atomic E-state index is 0.133. The molecule has 2 unspecified atom stereocenters. The van der Waals surface area contributed by atoms with Crippen LogP contribution in [0.3, 0.4) is 0 Å². The second-order valence-electron chi connectivity index (χ2n) is 6.36. The van der Waals surface area contributed by atoms with Crippen molar-refractivity contribution in [2.45, 2.75) is 19.3 Å². The molecular formula is C15H19N3O3. The molecule has 3 fully saturated rings. The van der Waals surface area contributed by atoms with Crippen molar-refractivity contribution in [1.29, 1.82) is 0 Å². The molecule has 6 nitrogen and oxygen atoms in total. The summed E-state index contributed by atoms with van der Waals surface area (Å²) in [5.74, 6) is 1.92. The van der Waals surface area contributed by atoms with Crippen molar-refractivity contribution in [3.8, 4) is 0 Å². The van der Waals surface area contributed by atoms with Gasteiger partial charge in [-0.1, -0.05) is 0 Å². The van der Waals surface area contributed by atoms with Crippen molar-refractivity contribution in [2.75, 3.05) is 31.2 Å². The molecule has 0 spiro atoms. The fourth-order valence-electron chi connectivity index (χ4n) is 3.79. The monoisotopic (exact) mass is 289 g/mol. The third-order valence-electron chi connectivity index (χ3n) is 5.00. The zero-order valence-corrected chi connectivity index (χ0v) is 12.0. The summed E-state index contributed by atoms with van der Waals surface area (Å²) in [7, 11) is 0. The van der Waals surface area contributed by atoms with Crippen LogP contribution in [0, 0.1) is 24.7 Å². The number of rotatable bonds is 3. The summed E-state index contributed by atoms with van der Waals surface area (Å²) >= 11 is 0. The summed E-state index contributed by atoms with van der Waals surface area (Å²) in [5.41, 5.74) is 1.06. The summed E-state index contributed by atoms with van der Waals surface area (Å²) < 4.78 is 5.44. The van der Waals surface area contributed by atoms with Crippen LogP contribution in [0.15, 0.2) is 6.07 Å². The van der Waals surface area contributed by atoms with Gasteiger partial charge in [0.2, 0.25) is 0 Å².